The summed E-state index contributed by atoms with van der Waals surface area (Å²) in [6.45, 7) is 3.45. The largest absolute Gasteiger partial charge is 0.278 e. The van der Waals surface area contributed by atoms with Gasteiger partial charge in [0.2, 0.25) is 0 Å². The molecule has 0 heterocycles. The number of rotatable bonds is 2. The molecular weight excluding hydrogens is 112 g/mol. The second-order valence-corrected chi connectivity index (χ2v) is 1.32. The van der Waals surface area contributed by atoms with E-state index in [1.807, 2.05) is 6.07 Å². The maximum absolute atomic E-state index is 8.29. The van der Waals surface area contributed by atoms with Gasteiger partial charge < -0.3 is 0 Å². The van der Waals surface area contributed by atoms with E-state index in [0.29, 0.717) is 5.71 Å². The lowest BCUT2D eigenvalue weighted by molar-refractivity contribution is 1.44. The summed E-state index contributed by atoms with van der Waals surface area (Å²) in [5.74, 6) is 0. The predicted molar refractivity (Wildman–Crippen MR) is 38.3 cm³/mol. The lowest BCUT2D eigenvalue weighted by Gasteiger charge is -1.78. The Labute approximate surface area is 54.8 Å². The van der Waals surface area contributed by atoms with Crippen LogP contribution < -0.4 is 0 Å². The highest BCUT2D eigenvalue weighted by Gasteiger charge is 1.82. The zero-order valence-electron chi connectivity index (χ0n) is 5.33. The molecule has 0 aliphatic rings. The van der Waals surface area contributed by atoms with Gasteiger partial charge in [0.1, 0.15) is 11.8 Å². The van der Waals surface area contributed by atoms with E-state index in [9.17, 15) is 0 Å². The Hall–Kier alpha value is -1.36. The fraction of sp³-hybridized carbons (Fsp3) is 0.143. The average molecular weight is 120 g/mol. The number of nitrogens with zero attached hydrogens (tertiary/aromatic N) is 2. The smallest absolute Gasteiger partial charge is 0.134 e. The topological polar surface area (TPSA) is 36.1 Å². The van der Waals surface area contributed by atoms with E-state index in [1.54, 1.807) is 25.3 Å². The van der Waals surface area contributed by atoms with Crippen molar-refractivity contribution >= 4 is 5.71 Å². The van der Waals surface area contributed by atoms with E-state index < -0.39 is 0 Å². The standard InChI is InChI=1S/C7H8N2/c1-3-4-5-7(6-8)9-2/h3-5H,1H2,2H3/b5-4-,9-7?. The normalized spacial score (nSPS) is 11.3. The number of aliphatic imine (C=N–C) groups is 1. The molecule has 0 fully saturated rings. The molecule has 0 aliphatic carbocycles. The van der Waals surface area contributed by atoms with Crippen LogP contribution in [-0.4, -0.2) is 12.8 Å². The summed E-state index contributed by atoms with van der Waals surface area (Å²) < 4.78 is 0. The van der Waals surface area contributed by atoms with Crippen LogP contribution in [0.5, 0.6) is 0 Å². The van der Waals surface area contributed by atoms with Gasteiger partial charge in [0.25, 0.3) is 0 Å². The van der Waals surface area contributed by atoms with Gasteiger partial charge in [-0.05, 0) is 6.08 Å². The van der Waals surface area contributed by atoms with Gasteiger partial charge in [0, 0.05) is 7.05 Å². The molecular formula is C7H8N2. The molecule has 0 unspecified atom stereocenters. The highest BCUT2D eigenvalue weighted by molar-refractivity contribution is 6.07. The number of allylic oxidation sites excluding steroid dienone is 3. The maximum Gasteiger partial charge on any atom is 0.134 e. The average Bonchev–Trinajstić information content (AvgIpc) is 1.91. The number of hydrogen-bond donors (Lipinski definition) is 0. The molecule has 0 saturated carbocycles. The third-order valence-corrected chi connectivity index (χ3v) is 0.746. The lowest BCUT2D eigenvalue weighted by Crippen LogP contribution is -1.84. The van der Waals surface area contributed by atoms with Crippen LogP contribution in [0, 0.1) is 11.3 Å². The molecule has 9 heavy (non-hydrogen) atoms. The minimum Gasteiger partial charge on any atom is -0.278 e. The van der Waals surface area contributed by atoms with Crippen molar-refractivity contribution in [3.05, 3.63) is 24.8 Å². The van der Waals surface area contributed by atoms with Gasteiger partial charge in [0.05, 0.1) is 0 Å². The van der Waals surface area contributed by atoms with Crippen molar-refractivity contribution in [2.45, 2.75) is 0 Å². The molecule has 0 saturated heterocycles. The minimum absolute atomic E-state index is 0.412. The Morgan fingerprint density at radius 1 is 1.78 bits per heavy atom. The quantitative estimate of drug-likeness (QED) is 0.400. The Balaban J connectivity index is 4.05. The van der Waals surface area contributed by atoms with Crippen LogP contribution in [-0.2, 0) is 0 Å². The van der Waals surface area contributed by atoms with Gasteiger partial charge in [-0.15, -0.1) is 0 Å². The summed E-state index contributed by atoms with van der Waals surface area (Å²) in [6.07, 6.45) is 4.88. The molecule has 0 aromatic heterocycles. The zero-order chi connectivity index (χ0) is 7.11. The third kappa shape index (κ3) is 3.24. The van der Waals surface area contributed by atoms with E-state index >= 15 is 0 Å². The van der Waals surface area contributed by atoms with E-state index in [2.05, 4.69) is 11.6 Å². The number of nitriles is 1. The van der Waals surface area contributed by atoms with Crippen LogP contribution in [0.1, 0.15) is 0 Å². The van der Waals surface area contributed by atoms with Crippen LogP contribution in [0.4, 0.5) is 0 Å². The molecule has 0 amide bonds. The molecule has 0 aliphatic heterocycles. The lowest BCUT2D eigenvalue weighted by atomic mass is 10.3. The summed E-state index contributed by atoms with van der Waals surface area (Å²) in [6, 6.07) is 1.90. The van der Waals surface area contributed by atoms with Crippen LogP contribution in [0.3, 0.4) is 0 Å². The molecule has 2 heteroatoms. The van der Waals surface area contributed by atoms with Gasteiger partial charge in [0.15, 0.2) is 0 Å². The summed E-state index contributed by atoms with van der Waals surface area (Å²) in [5.41, 5.74) is 0.412. The van der Waals surface area contributed by atoms with E-state index in [4.69, 9.17) is 5.26 Å². The Bertz CT molecular complexity index is 182. The minimum atomic E-state index is 0.412. The Morgan fingerprint density at radius 3 is 2.78 bits per heavy atom. The molecule has 0 radical (unpaired) electrons. The highest BCUT2D eigenvalue weighted by Crippen LogP contribution is 1.78. The van der Waals surface area contributed by atoms with E-state index in [1.165, 1.54) is 0 Å². The predicted octanol–water partition coefficient (Wildman–Crippen LogP) is 1.32. The van der Waals surface area contributed by atoms with Gasteiger partial charge in [-0.1, -0.05) is 18.7 Å². The van der Waals surface area contributed by atoms with Crippen LogP contribution >= 0.6 is 0 Å². The van der Waals surface area contributed by atoms with Crippen molar-refractivity contribution in [1.82, 2.24) is 0 Å². The molecule has 0 aromatic carbocycles. The molecule has 0 N–H and O–H groups in total. The van der Waals surface area contributed by atoms with Crippen molar-refractivity contribution in [2.75, 3.05) is 7.05 Å². The van der Waals surface area contributed by atoms with Crippen molar-refractivity contribution in [2.24, 2.45) is 4.99 Å². The first-order valence-corrected chi connectivity index (χ1v) is 2.51. The third-order valence-electron chi connectivity index (χ3n) is 0.746. The van der Waals surface area contributed by atoms with Crippen LogP contribution in [0.15, 0.2) is 29.8 Å². The van der Waals surface area contributed by atoms with E-state index in [-0.39, 0.29) is 0 Å². The molecule has 2 nitrogen and oxygen atoms in total. The summed E-state index contributed by atoms with van der Waals surface area (Å²) in [7, 11) is 1.58. The molecule has 0 aromatic rings. The van der Waals surface area contributed by atoms with Crippen molar-refractivity contribution in [3.63, 3.8) is 0 Å². The first-order valence-electron chi connectivity index (χ1n) is 2.51. The highest BCUT2D eigenvalue weighted by atomic mass is 14.7. The molecule has 0 bridgehead atoms. The summed E-state index contributed by atoms with van der Waals surface area (Å²) in [5, 5.41) is 8.29. The fourth-order valence-corrected chi connectivity index (χ4v) is 0.321. The fourth-order valence-electron chi connectivity index (χ4n) is 0.321. The maximum atomic E-state index is 8.29. The Kier molecular flexibility index (Phi) is 4.07. The first kappa shape index (κ1) is 7.64. The second-order valence-electron chi connectivity index (χ2n) is 1.32. The summed E-state index contributed by atoms with van der Waals surface area (Å²) >= 11 is 0. The molecule has 0 rings (SSSR count). The van der Waals surface area contributed by atoms with E-state index in [0.717, 1.165) is 0 Å². The van der Waals surface area contributed by atoms with Crippen molar-refractivity contribution < 1.29 is 0 Å². The van der Waals surface area contributed by atoms with Gasteiger partial charge in [-0.2, -0.15) is 5.26 Å². The summed E-state index contributed by atoms with van der Waals surface area (Å²) in [4.78, 5) is 3.66. The second kappa shape index (κ2) is 4.79. The molecule has 0 atom stereocenters. The van der Waals surface area contributed by atoms with Crippen molar-refractivity contribution in [3.8, 4) is 6.07 Å². The zero-order valence-corrected chi connectivity index (χ0v) is 5.33. The van der Waals surface area contributed by atoms with Crippen LogP contribution in [0.25, 0.3) is 0 Å². The van der Waals surface area contributed by atoms with Gasteiger partial charge in [-0.25, -0.2) is 0 Å². The number of hydrogen-bond acceptors (Lipinski definition) is 2. The monoisotopic (exact) mass is 120 g/mol. The SMILES string of the molecule is C=C/C=C\C(C#N)=NC. The van der Waals surface area contributed by atoms with Gasteiger partial charge >= 0.3 is 0 Å². The van der Waals surface area contributed by atoms with Crippen molar-refractivity contribution in [1.29, 1.82) is 5.26 Å². The molecule has 46 valence electrons. The van der Waals surface area contributed by atoms with Crippen LogP contribution in [0.2, 0.25) is 0 Å². The van der Waals surface area contributed by atoms with Gasteiger partial charge in [-0.3, -0.25) is 4.99 Å². The first-order chi connectivity index (χ1) is 4.35. The molecule has 0 spiro atoms. The Morgan fingerprint density at radius 2 is 2.44 bits per heavy atom.